The fraction of sp³-hybridized carbons (Fsp3) is 0.765. The zero-order valence-electron chi connectivity index (χ0n) is 15.8. The van der Waals surface area contributed by atoms with Crippen molar-refractivity contribution in [3.63, 3.8) is 0 Å². The predicted molar refractivity (Wildman–Crippen MR) is 108 cm³/mol. The third-order valence-electron chi connectivity index (χ3n) is 4.73. The molecule has 2 rings (SSSR count). The van der Waals surface area contributed by atoms with Crippen molar-refractivity contribution in [1.82, 2.24) is 20.4 Å². The van der Waals surface area contributed by atoms with E-state index in [2.05, 4.69) is 34.6 Å². The lowest BCUT2D eigenvalue weighted by atomic mass is 9.64. The zero-order valence-corrected chi connectivity index (χ0v) is 18.1. The van der Waals surface area contributed by atoms with Gasteiger partial charge in [0.15, 0.2) is 11.7 Å². The van der Waals surface area contributed by atoms with Gasteiger partial charge < -0.3 is 10.6 Å². The number of nitrogens with one attached hydrogen (secondary N) is 2. The Bertz CT molecular complexity index is 606. The van der Waals surface area contributed by atoms with Gasteiger partial charge in [0.25, 0.3) is 0 Å². The van der Waals surface area contributed by atoms with Gasteiger partial charge in [0.1, 0.15) is 0 Å². The van der Waals surface area contributed by atoms with Gasteiger partial charge >= 0.3 is 6.18 Å². The van der Waals surface area contributed by atoms with Crippen molar-refractivity contribution in [2.24, 2.45) is 23.4 Å². The summed E-state index contributed by atoms with van der Waals surface area (Å²) in [4.78, 5) is 4.13. The van der Waals surface area contributed by atoms with Gasteiger partial charge in [-0.3, -0.25) is 9.67 Å². The van der Waals surface area contributed by atoms with Crippen LogP contribution in [0.3, 0.4) is 0 Å². The van der Waals surface area contributed by atoms with Crippen molar-refractivity contribution in [2.75, 3.05) is 13.6 Å². The average molecular weight is 487 g/mol. The van der Waals surface area contributed by atoms with Crippen molar-refractivity contribution in [2.45, 2.75) is 52.3 Å². The lowest BCUT2D eigenvalue weighted by Gasteiger charge is -2.43. The molecule has 0 spiro atoms. The molecule has 26 heavy (non-hydrogen) atoms. The molecule has 150 valence electrons. The highest BCUT2D eigenvalue weighted by Gasteiger charge is 2.38. The van der Waals surface area contributed by atoms with Crippen LogP contribution >= 0.6 is 24.0 Å². The smallest absolute Gasteiger partial charge is 0.356 e. The first-order valence-corrected chi connectivity index (χ1v) is 8.69. The highest BCUT2D eigenvalue weighted by atomic mass is 127. The van der Waals surface area contributed by atoms with Crippen LogP contribution in [0.5, 0.6) is 0 Å². The van der Waals surface area contributed by atoms with Crippen LogP contribution in [-0.2, 0) is 19.8 Å². The van der Waals surface area contributed by atoms with Crippen molar-refractivity contribution >= 4 is 29.9 Å². The molecular formula is C17H29F3IN5. The van der Waals surface area contributed by atoms with E-state index in [4.69, 9.17) is 0 Å². The lowest BCUT2D eigenvalue weighted by Crippen LogP contribution is -2.46. The molecule has 5 nitrogen and oxygen atoms in total. The van der Waals surface area contributed by atoms with Gasteiger partial charge in [-0.15, -0.1) is 24.0 Å². The molecule has 1 heterocycles. The van der Waals surface area contributed by atoms with Crippen LogP contribution in [0.4, 0.5) is 13.2 Å². The monoisotopic (exact) mass is 487 g/mol. The number of guanidine groups is 1. The minimum absolute atomic E-state index is 0. The van der Waals surface area contributed by atoms with Crippen LogP contribution in [0.1, 0.15) is 50.8 Å². The van der Waals surface area contributed by atoms with E-state index in [0.29, 0.717) is 11.9 Å². The maximum atomic E-state index is 13.0. The molecule has 0 unspecified atom stereocenters. The molecule has 0 amide bonds. The van der Waals surface area contributed by atoms with Crippen LogP contribution in [0.15, 0.2) is 11.2 Å². The van der Waals surface area contributed by atoms with Crippen molar-refractivity contribution < 1.29 is 13.2 Å². The standard InChI is InChI=1S/C17H28F3N5.HI/c1-12(2)8-16(6-5-7-16)11-23-15(21-3)22-9-13-10-25(4)24-14(13)17(18,19)20;/h10,12H,5-9,11H2,1-4H3,(H2,21,22,23);1H. The molecule has 1 fully saturated rings. The first-order valence-electron chi connectivity index (χ1n) is 8.69. The molecule has 9 heteroatoms. The van der Waals surface area contributed by atoms with E-state index in [9.17, 15) is 13.2 Å². The lowest BCUT2D eigenvalue weighted by molar-refractivity contribution is -0.142. The molecule has 2 N–H and O–H groups in total. The average Bonchev–Trinajstić information content (AvgIpc) is 2.85. The number of alkyl halides is 3. The van der Waals surface area contributed by atoms with Crippen LogP contribution in [-0.4, -0.2) is 29.3 Å². The van der Waals surface area contributed by atoms with E-state index in [1.165, 1.54) is 37.2 Å². The number of nitrogens with zero attached hydrogens (tertiary/aromatic N) is 3. The maximum Gasteiger partial charge on any atom is 0.435 e. The van der Waals surface area contributed by atoms with Crippen LogP contribution in [0.25, 0.3) is 0 Å². The summed E-state index contributed by atoms with van der Waals surface area (Å²) in [5, 5.41) is 9.77. The molecule has 0 aliphatic heterocycles. The fourth-order valence-electron chi connectivity index (χ4n) is 3.57. The molecule has 0 bridgehead atoms. The first-order chi connectivity index (χ1) is 11.6. The Morgan fingerprint density at radius 2 is 2.00 bits per heavy atom. The molecular weight excluding hydrogens is 458 g/mol. The van der Waals surface area contributed by atoms with Gasteiger partial charge in [0.05, 0.1) is 0 Å². The molecule has 1 aromatic rings. The molecule has 1 saturated carbocycles. The number of rotatable bonds is 6. The second-order valence-electron chi connectivity index (χ2n) is 7.41. The van der Waals surface area contributed by atoms with Gasteiger partial charge in [-0.25, -0.2) is 0 Å². The van der Waals surface area contributed by atoms with Crippen molar-refractivity contribution in [3.05, 3.63) is 17.5 Å². The second kappa shape index (κ2) is 9.27. The SMILES string of the molecule is CN=C(NCc1cn(C)nc1C(F)(F)F)NCC1(CC(C)C)CCC1.I. The number of halogens is 4. The predicted octanol–water partition coefficient (Wildman–Crippen LogP) is 3.94. The molecule has 1 aliphatic rings. The second-order valence-corrected chi connectivity index (χ2v) is 7.41. The Kier molecular flexibility index (Phi) is 8.22. The Balaban J connectivity index is 0.00000338. The molecule has 0 saturated heterocycles. The number of aliphatic imine (C=N–C) groups is 1. The first kappa shape index (κ1) is 23.0. The van der Waals surface area contributed by atoms with Gasteiger partial charge in [-0.2, -0.15) is 18.3 Å². The number of hydrogen-bond acceptors (Lipinski definition) is 2. The number of aromatic nitrogens is 2. The van der Waals surface area contributed by atoms with Crippen LogP contribution < -0.4 is 10.6 Å². The summed E-state index contributed by atoms with van der Waals surface area (Å²) in [6.45, 7) is 5.26. The number of hydrogen-bond donors (Lipinski definition) is 2. The third kappa shape index (κ3) is 6.02. The van der Waals surface area contributed by atoms with E-state index < -0.39 is 11.9 Å². The van der Waals surface area contributed by atoms with Crippen LogP contribution in [0, 0.1) is 11.3 Å². The Hall–Kier alpha value is -1.00. The van der Waals surface area contributed by atoms with E-state index >= 15 is 0 Å². The van der Waals surface area contributed by atoms with E-state index in [1.54, 1.807) is 7.05 Å². The summed E-state index contributed by atoms with van der Waals surface area (Å²) < 4.78 is 40.2. The maximum absolute atomic E-state index is 13.0. The van der Waals surface area contributed by atoms with Gasteiger partial charge in [-0.05, 0) is 30.6 Å². The highest BCUT2D eigenvalue weighted by molar-refractivity contribution is 14.0. The minimum Gasteiger partial charge on any atom is -0.356 e. The fourth-order valence-corrected chi connectivity index (χ4v) is 3.57. The Morgan fingerprint density at radius 3 is 2.46 bits per heavy atom. The van der Waals surface area contributed by atoms with Crippen molar-refractivity contribution in [3.8, 4) is 0 Å². The van der Waals surface area contributed by atoms with Gasteiger partial charge in [0, 0.05) is 38.9 Å². The molecule has 0 radical (unpaired) electrons. The largest absolute Gasteiger partial charge is 0.435 e. The normalized spacial score (nSPS) is 16.8. The summed E-state index contributed by atoms with van der Waals surface area (Å²) in [5.74, 6) is 1.15. The van der Waals surface area contributed by atoms with Gasteiger partial charge in [0.2, 0.25) is 0 Å². The Labute approximate surface area is 170 Å². The van der Waals surface area contributed by atoms with E-state index in [1.807, 2.05) is 0 Å². The van der Waals surface area contributed by atoms with Crippen molar-refractivity contribution in [1.29, 1.82) is 0 Å². The van der Waals surface area contributed by atoms with Gasteiger partial charge in [-0.1, -0.05) is 20.3 Å². The quantitative estimate of drug-likeness (QED) is 0.363. The topological polar surface area (TPSA) is 54.2 Å². The third-order valence-corrected chi connectivity index (χ3v) is 4.73. The zero-order chi connectivity index (χ0) is 18.7. The minimum atomic E-state index is -4.46. The molecule has 0 aromatic carbocycles. The summed E-state index contributed by atoms with van der Waals surface area (Å²) in [6, 6.07) is 0. The van der Waals surface area contributed by atoms with Crippen LogP contribution in [0.2, 0.25) is 0 Å². The Morgan fingerprint density at radius 1 is 1.35 bits per heavy atom. The highest BCUT2D eigenvalue weighted by Crippen LogP contribution is 2.45. The van der Waals surface area contributed by atoms with E-state index in [0.717, 1.165) is 13.0 Å². The van der Waals surface area contributed by atoms with E-state index in [-0.39, 0.29) is 41.5 Å². The summed E-state index contributed by atoms with van der Waals surface area (Å²) in [6.07, 6.45) is 1.70. The summed E-state index contributed by atoms with van der Waals surface area (Å²) in [7, 11) is 3.11. The molecule has 1 aromatic heterocycles. The molecule has 1 aliphatic carbocycles. The summed E-state index contributed by atoms with van der Waals surface area (Å²) in [5.41, 5.74) is -0.455. The summed E-state index contributed by atoms with van der Waals surface area (Å²) >= 11 is 0. The number of aryl methyl sites for hydroxylation is 1. The molecule has 0 atom stereocenters.